The molecular weight excluding hydrogens is 220 g/mol. The number of hydrogen-bond acceptors (Lipinski definition) is 4. The Labute approximate surface area is 98.0 Å². The van der Waals surface area contributed by atoms with Gasteiger partial charge in [-0.25, -0.2) is 4.98 Å². The molecule has 1 amide bonds. The van der Waals surface area contributed by atoms with Crippen molar-refractivity contribution in [1.29, 1.82) is 0 Å². The molecule has 0 saturated heterocycles. The van der Waals surface area contributed by atoms with E-state index in [1.807, 2.05) is 10.8 Å². The molecule has 2 aromatic heterocycles. The zero-order valence-electron chi connectivity index (χ0n) is 9.47. The van der Waals surface area contributed by atoms with Gasteiger partial charge in [0.05, 0.1) is 6.33 Å². The van der Waals surface area contributed by atoms with Gasteiger partial charge in [0.1, 0.15) is 5.56 Å². The number of imidazole rings is 1. The first-order chi connectivity index (χ1) is 8.18. The van der Waals surface area contributed by atoms with Gasteiger partial charge in [0.2, 0.25) is 0 Å². The predicted molar refractivity (Wildman–Crippen MR) is 62.3 cm³/mol. The van der Waals surface area contributed by atoms with Gasteiger partial charge in [-0.05, 0) is 6.92 Å². The molecule has 0 aliphatic carbocycles. The number of aryl methyl sites for hydroxylation is 1. The van der Waals surface area contributed by atoms with Crippen molar-refractivity contribution in [3.8, 4) is 0 Å². The zero-order chi connectivity index (χ0) is 12.3. The largest absolute Gasteiger partial charge is 0.382 e. The van der Waals surface area contributed by atoms with E-state index in [-0.39, 0.29) is 11.7 Å². The number of rotatable bonds is 4. The summed E-state index contributed by atoms with van der Waals surface area (Å²) in [5, 5.41) is 9.22. The normalized spacial score (nSPS) is 10.4. The highest BCUT2D eigenvalue weighted by Gasteiger charge is 2.15. The summed E-state index contributed by atoms with van der Waals surface area (Å²) in [5.41, 5.74) is 6.67. The van der Waals surface area contributed by atoms with E-state index in [2.05, 4.69) is 20.5 Å². The molecule has 17 heavy (non-hydrogen) atoms. The molecule has 2 aromatic rings. The summed E-state index contributed by atoms with van der Waals surface area (Å²) in [5.74, 6) is 0.0106. The zero-order valence-corrected chi connectivity index (χ0v) is 9.47. The number of nitrogen functional groups attached to an aromatic ring is 1. The van der Waals surface area contributed by atoms with Crippen LogP contribution in [-0.4, -0.2) is 32.2 Å². The number of H-pyrrole nitrogens is 1. The van der Waals surface area contributed by atoms with Crippen molar-refractivity contribution in [1.82, 2.24) is 25.1 Å². The molecule has 2 heterocycles. The van der Waals surface area contributed by atoms with E-state index in [4.69, 9.17) is 5.73 Å². The Bertz CT molecular complexity index is 481. The molecule has 90 valence electrons. The fraction of sp³-hybridized carbons (Fsp3) is 0.300. The van der Waals surface area contributed by atoms with Crippen LogP contribution in [0, 0.1) is 6.92 Å². The van der Waals surface area contributed by atoms with Crippen LogP contribution in [0.15, 0.2) is 18.7 Å². The Morgan fingerprint density at radius 3 is 3.06 bits per heavy atom. The Balaban J connectivity index is 1.90. The molecule has 0 radical (unpaired) electrons. The average molecular weight is 234 g/mol. The molecular formula is C10H14N6O. The molecule has 7 nitrogen and oxygen atoms in total. The lowest BCUT2D eigenvalue weighted by Gasteiger charge is -2.05. The minimum Gasteiger partial charge on any atom is -0.382 e. The van der Waals surface area contributed by atoms with Gasteiger partial charge in [-0.1, -0.05) is 0 Å². The number of amides is 1. The first-order valence-electron chi connectivity index (χ1n) is 5.23. The van der Waals surface area contributed by atoms with Gasteiger partial charge in [-0.2, -0.15) is 5.10 Å². The summed E-state index contributed by atoms with van der Waals surface area (Å²) >= 11 is 0. The van der Waals surface area contributed by atoms with Crippen LogP contribution in [0.2, 0.25) is 0 Å². The maximum Gasteiger partial charge on any atom is 0.256 e. The molecule has 0 aliphatic rings. The number of aromatic amines is 1. The standard InChI is InChI=1S/C10H14N6O/c1-7-8(9(11)15-14-7)10(17)13-3-5-16-4-2-12-6-16/h2,4,6H,3,5H2,1H3,(H,13,17)(H3,11,14,15). The first kappa shape index (κ1) is 11.2. The third kappa shape index (κ3) is 2.44. The van der Waals surface area contributed by atoms with Crippen LogP contribution in [0.3, 0.4) is 0 Å². The van der Waals surface area contributed by atoms with Crippen molar-refractivity contribution in [2.75, 3.05) is 12.3 Å². The number of carbonyl (C=O) groups is 1. The van der Waals surface area contributed by atoms with E-state index in [9.17, 15) is 4.79 Å². The number of nitrogens with one attached hydrogen (secondary N) is 2. The summed E-state index contributed by atoms with van der Waals surface area (Å²) in [7, 11) is 0. The summed E-state index contributed by atoms with van der Waals surface area (Å²) in [6.45, 7) is 2.94. The summed E-state index contributed by atoms with van der Waals surface area (Å²) in [6.07, 6.45) is 5.23. The monoisotopic (exact) mass is 234 g/mol. The smallest absolute Gasteiger partial charge is 0.256 e. The van der Waals surface area contributed by atoms with E-state index in [0.29, 0.717) is 24.3 Å². The number of nitrogens with zero attached hydrogens (tertiary/aromatic N) is 3. The van der Waals surface area contributed by atoms with Gasteiger partial charge in [0.25, 0.3) is 5.91 Å². The molecule has 0 spiro atoms. The van der Waals surface area contributed by atoms with Crippen LogP contribution in [0.1, 0.15) is 16.1 Å². The predicted octanol–water partition coefficient (Wildman–Crippen LogP) is -0.0732. The highest BCUT2D eigenvalue weighted by atomic mass is 16.1. The molecule has 2 rings (SSSR count). The molecule has 7 heteroatoms. The minimum absolute atomic E-state index is 0.214. The maximum atomic E-state index is 11.8. The molecule has 0 aliphatic heterocycles. The van der Waals surface area contributed by atoms with Gasteiger partial charge in [-0.15, -0.1) is 0 Å². The Kier molecular flexibility index (Phi) is 3.08. The van der Waals surface area contributed by atoms with Gasteiger partial charge >= 0.3 is 0 Å². The van der Waals surface area contributed by atoms with Crippen molar-refractivity contribution < 1.29 is 4.79 Å². The van der Waals surface area contributed by atoms with E-state index < -0.39 is 0 Å². The van der Waals surface area contributed by atoms with E-state index in [0.717, 1.165) is 0 Å². The number of nitrogens with two attached hydrogens (primary N) is 1. The third-order valence-corrected chi connectivity index (χ3v) is 2.42. The molecule has 0 unspecified atom stereocenters. The SMILES string of the molecule is Cc1[nH]nc(N)c1C(=O)NCCn1ccnc1. The second-order valence-corrected chi connectivity index (χ2v) is 3.67. The van der Waals surface area contributed by atoms with Gasteiger partial charge in [0, 0.05) is 31.2 Å². The van der Waals surface area contributed by atoms with Crippen molar-refractivity contribution in [3.63, 3.8) is 0 Å². The number of anilines is 1. The fourth-order valence-electron chi connectivity index (χ4n) is 1.54. The molecule has 0 atom stereocenters. The number of carbonyl (C=O) groups excluding carboxylic acids is 1. The second kappa shape index (κ2) is 4.69. The lowest BCUT2D eigenvalue weighted by atomic mass is 10.2. The molecule has 0 bridgehead atoms. The van der Waals surface area contributed by atoms with Crippen LogP contribution >= 0.6 is 0 Å². The lowest BCUT2D eigenvalue weighted by molar-refractivity contribution is 0.0952. The second-order valence-electron chi connectivity index (χ2n) is 3.67. The van der Waals surface area contributed by atoms with Crippen LogP contribution in [0.25, 0.3) is 0 Å². The van der Waals surface area contributed by atoms with Crippen molar-refractivity contribution >= 4 is 11.7 Å². The van der Waals surface area contributed by atoms with Crippen LogP contribution in [-0.2, 0) is 6.54 Å². The van der Waals surface area contributed by atoms with Crippen LogP contribution < -0.4 is 11.1 Å². The number of hydrogen-bond donors (Lipinski definition) is 3. The molecule has 0 fully saturated rings. The highest BCUT2D eigenvalue weighted by molar-refractivity contribution is 5.99. The Hall–Kier alpha value is -2.31. The van der Waals surface area contributed by atoms with Crippen molar-refractivity contribution in [2.45, 2.75) is 13.5 Å². The Morgan fingerprint density at radius 1 is 1.65 bits per heavy atom. The van der Waals surface area contributed by atoms with Gasteiger partial charge < -0.3 is 15.6 Å². The van der Waals surface area contributed by atoms with Gasteiger partial charge in [-0.3, -0.25) is 9.89 Å². The highest BCUT2D eigenvalue weighted by Crippen LogP contribution is 2.11. The molecule has 0 aromatic carbocycles. The maximum absolute atomic E-state index is 11.8. The van der Waals surface area contributed by atoms with Crippen molar-refractivity contribution in [3.05, 3.63) is 30.0 Å². The third-order valence-electron chi connectivity index (χ3n) is 2.42. The van der Waals surface area contributed by atoms with Crippen LogP contribution in [0.4, 0.5) is 5.82 Å². The summed E-state index contributed by atoms with van der Waals surface area (Å²) < 4.78 is 1.88. The molecule has 4 N–H and O–H groups in total. The lowest BCUT2D eigenvalue weighted by Crippen LogP contribution is -2.27. The van der Waals surface area contributed by atoms with Crippen LogP contribution in [0.5, 0.6) is 0 Å². The number of aromatic nitrogens is 4. The average Bonchev–Trinajstić information content (AvgIpc) is 2.89. The quantitative estimate of drug-likeness (QED) is 0.689. The Morgan fingerprint density at radius 2 is 2.47 bits per heavy atom. The topological polar surface area (TPSA) is 102 Å². The molecule has 0 saturated carbocycles. The fourth-order valence-corrected chi connectivity index (χ4v) is 1.54. The van der Waals surface area contributed by atoms with Gasteiger partial charge in [0.15, 0.2) is 5.82 Å². The first-order valence-corrected chi connectivity index (χ1v) is 5.23. The van der Waals surface area contributed by atoms with Crippen molar-refractivity contribution in [2.24, 2.45) is 0 Å². The van der Waals surface area contributed by atoms with E-state index in [1.165, 1.54) is 0 Å². The summed E-state index contributed by atoms with van der Waals surface area (Å²) in [4.78, 5) is 15.7. The summed E-state index contributed by atoms with van der Waals surface area (Å²) in [6, 6.07) is 0. The minimum atomic E-state index is -0.214. The van der Waals surface area contributed by atoms with E-state index in [1.54, 1.807) is 19.4 Å². The van der Waals surface area contributed by atoms with E-state index >= 15 is 0 Å².